The molecule has 6 heteroatoms. The van der Waals surface area contributed by atoms with E-state index in [4.69, 9.17) is 5.73 Å². The average molecular weight is 202 g/mol. The van der Waals surface area contributed by atoms with Crippen molar-refractivity contribution < 1.29 is 18.3 Å². The van der Waals surface area contributed by atoms with Crippen LogP contribution in [0, 0.1) is 0 Å². The maximum Gasteiger partial charge on any atom is 0.281 e. The lowest BCUT2D eigenvalue weighted by molar-refractivity contribution is 0.110. The van der Waals surface area contributed by atoms with Crippen LogP contribution in [-0.2, 0) is 0 Å². The Bertz CT molecular complexity index is 355. The van der Waals surface area contributed by atoms with Gasteiger partial charge in [0.2, 0.25) is 5.88 Å². The quantitative estimate of drug-likeness (QED) is 0.753. The Morgan fingerprint density at radius 1 is 1.64 bits per heavy atom. The number of methoxy groups -OCH3 is 1. The van der Waals surface area contributed by atoms with E-state index >= 15 is 0 Å². The van der Waals surface area contributed by atoms with Gasteiger partial charge < -0.3 is 10.5 Å². The maximum atomic E-state index is 12.4. The average Bonchev–Trinajstić information content (AvgIpc) is 2.16. The molecule has 0 amide bonds. The van der Waals surface area contributed by atoms with Crippen LogP contribution in [-0.4, -0.2) is 18.4 Å². The second-order valence-corrected chi connectivity index (χ2v) is 2.47. The van der Waals surface area contributed by atoms with Gasteiger partial charge in [-0.1, -0.05) is 0 Å². The third-order valence-electron chi connectivity index (χ3n) is 1.63. The molecule has 0 aliphatic rings. The molecule has 0 fully saturated rings. The van der Waals surface area contributed by atoms with Crippen molar-refractivity contribution in [2.45, 2.75) is 6.43 Å². The number of nitrogens with zero attached hydrogens (tertiary/aromatic N) is 1. The van der Waals surface area contributed by atoms with Crippen molar-refractivity contribution in [3.8, 4) is 5.88 Å². The molecule has 1 aromatic rings. The Balaban J connectivity index is 3.35. The molecule has 0 saturated carbocycles. The second kappa shape index (κ2) is 3.99. The number of ether oxygens (including phenoxy) is 1. The molecule has 0 atom stereocenters. The summed E-state index contributed by atoms with van der Waals surface area (Å²) in [4.78, 5) is 13.9. The number of pyridine rings is 1. The number of nitrogen functional groups attached to an aromatic ring is 1. The van der Waals surface area contributed by atoms with E-state index in [0.29, 0.717) is 0 Å². The van der Waals surface area contributed by atoms with Gasteiger partial charge in [-0.15, -0.1) is 0 Å². The number of alkyl halides is 2. The summed E-state index contributed by atoms with van der Waals surface area (Å²) in [6.07, 6.45) is -2.60. The summed E-state index contributed by atoms with van der Waals surface area (Å²) in [7, 11) is 1.28. The van der Waals surface area contributed by atoms with E-state index in [1.54, 1.807) is 0 Å². The van der Waals surface area contributed by atoms with Crippen molar-refractivity contribution in [3.05, 3.63) is 17.3 Å². The number of anilines is 1. The SMILES string of the molecule is COc1cc(N)c(C=O)c(C(F)F)n1. The Morgan fingerprint density at radius 2 is 2.29 bits per heavy atom. The Morgan fingerprint density at radius 3 is 2.71 bits per heavy atom. The van der Waals surface area contributed by atoms with Crippen molar-refractivity contribution in [3.63, 3.8) is 0 Å². The van der Waals surface area contributed by atoms with E-state index < -0.39 is 12.1 Å². The molecular weight excluding hydrogens is 194 g/mol. The summed E-state index contributed by atoms with van der Waals surface area (Å²) in [6.45, 7) is 0. The van der Waals surface area contributed by atoms with Crippen LogP contribution in [0.2, 0.25) is 0 Å². The number of hydrogen-bond donors (Lipinski definition) is 1. The van der Waals surface area contributed by atoms with Crippen molar-refractivity contribution in [2.75, 3.05) is 12.8 Å². The molecule has 1 rings (SSSR count). The van der Waals surface area contributed by atoms with Crippen LogP contribution in [0.25, 0.3) is 0 Å². The van der Waals surface area contributed by atoms with Gasteiger partial charge in [-0.3, -0.25) is 4.79 Å². The summed E-state index contributed by atoms with van der Waals surface area (Å²) < 4.78 is 29.4. The van der Waals surface area contributed by atoms with Gasteiger partial charge in [-0.05, 0) is 0 Å². The molecule has 0 radical (unpaired) electrons. The van der Waals surface area contributed by atoms with E-state index in [1.165, 1.54) is 13.2 Å². The topological polar surface area (TPSA) is 65.2 Å². The summed E-state index contributed by atoms with van der Waals surface area (Å²) in [5.74, 6) is -0.0385. The molecule has 76 valence electrons. The fourth-order valence-corrected chi connectivity index (χ4v) is 0.969. The minimum absolute atomic E-state index is 0.0385. The standard InChI is InChI=1S/C8H8F2N2O2/c1-14-6-2-5(11)4(3-13)7(12-6)8(9)10/h2-3,8H,1H3,(H2,11,12). The first-order chi connectivity index (χ1) is 6.60. The van der Waals surface area contributed by atoms with E-state index in [0.717, 1.165) is 0 Å². The zero-order valence-corrected chi connectivity index (χ0v) is 7.33. The van der Waals surface area contributed by atoms with E-state index in [9.17, 15) is 13.6 Å². The molecule has 0 unspecified atom stereocenters. The van der Waals surface area contributed by atoms with Crippen LogP contribution in [0.15, 0.2) is 6.07 Å². The Labute approximate surface area is 78.7 Å². The lowest BCUT2D eigenvalue weighted by Gasteiger charge is -2.07. The predicted molar refractivity (Wildman–Crippen MR) is 45.5 cm³/mol. The van der Waals surface area contributed by atoms with Crippen molar-refractivity contribution in [1.82, 2.24) is 4.98 Å². The molecule has 0 bridgehead atoms. The lowest BCUT2D eigenvalue weighted by Crippen LogP contribution is -2.04. The number of carbonyl (C=O) groups is 1. The van der Waals surface area contributed by atoms with Crippen LogP contribution in [0.3, 0.4) is 0 Å². The molecule has 0 aliphatic carbocycles. The van der Waals surface area contributed by atoms with Crippen LogP contribution in [0.4, 0.5) is 14.5 Å². The predicted octanol–water partition coefficient (Wildman–Crippen LogP) is 1.42. The molecule has 0 aliphatic heterocycles. The van der Waals surface area contributed by atoms with Gasteiger partial charge in [-0.25, -0.2) is 13.8 Å². The number of halogens is 2. The Hall–Kier alpha value is -1.72. The lowest BCUT2D eigenvalue weighted by atomic mass is 10.2. The Kier molecular flexibility index (Phi) is 2.95. The summed E-state index contributed by atoms with van der Waals surface area (Å²) in [6, 6.07) is 1.22. The highest BCUT2D eigenvalue weighted by Crippen LogP contribution is 2.26. The minimum Gasteiger partial charge on any atom is -0.481 e. The molecule has 2 N–H and O–H groups in total. The van der Waals surface area contributed by atoms with Crippen molar-refractivity contribution >= 4 is 12.0 Å². The van der Waals surface area contributed by atoms with E-state index in [-0.39, 0.29) is 23.4 Å². The first kappa shape index (κ1) is 10.4. The largest absolute Gasteiger partial charge is 0.481 e. The van der Waals surface area contributed by atoms with Crippen molar-refractivity contribution in [2.24, 2.45) is 0 Å². The summed E-state index contributed by atoms with van der Waals surface area (Å²) in [5.41, 5.74) is 4.35. The molecule has 0 saturated heterocycles. The fourth-order valence-electron chi connectivity index (χ4n) is 0.969. The number of rotatable bonds is 3. The van der Waals surface area contributed by atoms with E-state index in [1.807, 2.05) is 0 Å². The molecule has 0 aromatic carbocycles. The van der Waals surface area contributed by atoms with Gasteiger partial charge in [-0.2, -0.15) is 0 Å². The van der Waals surface area contributed by atoms with Gasteiger partial charge in [0, 0.05) is 11.8 Å². The normalized spacial score (nSPS) is 10.3. The number of nitrogens with two attached hydrogens (primary N) is 1. The molecular formula is C8H8F2N2O2. The number of aldehydes is 1. The minimum atomic E-state index is -2.85. The number of hydrogen-bond acceptors (Lipinski definition) is 4. The second-order valence-electron chi connectivity index (χ2n) is 2.47. The maximum absolute atomic E-state index is 12.4. The van der Waals surface area contributed by atoms with Crippen LogP contribution < -0.4 is 10.5 Å². The van der Waals surface area contributed by atoms with Crippen LogP contribution in [0.1, 0.15) is 22.5 Å². The van der Waals surface area contributed by atoms with Gasteiger partial charge >= 0.3 is 0 Å². The summed E-state index contributed by atoms with van der Waals surface area (Å²) in [5, 5.41) is 0. The third-order valence-corrected chi connectivity index (χ3v) is 1.63. The van der Waals surface area contributed by atoms with Crippen LogP contribution >= 0.6 is 0 Å². The number of carbonyl (C=O) groups excluding carboxylic acids is 1. The fraction of sp³-hybridized carbons (Fsp3) is 0.250. The van der Waals surface area contributed by atoms with Crippen molar-refractivity contribution in [1.29, 1.82) is 0 Å². The van der Waals surface area contributed by atoms with Gasteiger partial charge in [0.05, 0.1) is 12.7 Å². The molecule has 1 aromatic heterocycles. The summed E-state index contributed by atoms with van der Waals surface area (Å²) >= 11 is 0. The van der Waals surface area contributed by atoms with Gasteiger partial charge in [0.1, 0.15) is 5.69 Å². The first-order valence-electron chi connectivity index (χ1n) is 3.68. The van der Waals surface area contributed by atoms with Crippen LogP contribution in [0.5, 0.6) is 5.88 Å². The first-order valence-corrected chi connectivity index (χ1v) is 3.68. The van der Waals surface area contributed by atoms with Gasteiger partial charge in [0.15, 0.2) is 6.29 Å². The zero-order valence-electron chi connectivity index (χ0n) is 7.33. The highest BCUT2D eigenvalue weighted by molar-refractivity contribution is 5.85. The third kappa shape index (κ3) is 1.78. The monoisotopic (exact) mass is 202 g/mol. The molecule has 14 heavy (non-hydrogen) atoms. The highest BCUT2D eigenvalue weighted by Gasteiger charge is 2.18. The highest BCUT2D eigenvalue weighted by atomic mass is 19.3. The smallest absolute Gasteiger partial charge is 0.281 e. The van der Waals surface area contributed by atoms with Gasteiger partial charge in [0.25, 0.3) is 6.43 Å². The molecule has 0 spiro atoms. The molecule has 1 heterocycles. The zero-order chi connectivity index (χ0) is 10.7. The van der Waals surface area contributed by atoms with E-state index in [2.05, 4.69) is 9.72 Å². The number of aromatic nitrogens is 1. The molecule has 4 nitrogen and oxygen atoms in total.